The largest absolute Gasteiger partial charge is 0.480 e. The zero-order valence-electron chi connectivity index (χ0n) is 28.4. The summed E-state index contributed by atoms with van der Waals surface area (Å²) >= 11 is 14.0. The highest BCUT2D eigenvalue weighted by Gasteiger charge is 2.27. The monoisotopic (exact) mass is 778 g/mol. The average molecular weight is 780 g/mol. The number of halogens is 2. The Hall–Kier alpha value is -3.48. The SMILES string of the molecule is C=N/C(CNC[C@H]1CCS(=O)(=O)N1)=C(\N=C(/C)c1cccc(-c2cccc(-c3cnc(CNC[C@H]4CCS(=O)(=O)N4)c(OC)n3)c2Cl)c1Cl)OC. The molecule has 0 spiro atoms. The van der Waals surface area contributed by atoms with E-state index >= 15 is 0 Å². The number of nitrogens with zero attached hydrogens (tertiary/aromatic N) is 4. The summed E-state index contributed by atoms with van der Waals surface area (Å²) in [5.41, 5.74) is 4.67. The molecule has 2 atom stereocenters. The Morgan fingerprint density at radius 2 is 1.55 bits per heavy atom. The fraction of sp³-hybridized carbons (Fsp3) is 0.394. The van der Waals surface area contributed by atoms with Gasteiger partial charge in [-0.1, -0.05) is 59.6 Å². The third kappa shape index (κ3) is 9.70. The number of benzene rings is 2. The average Bonchev–Trinajstić information content (AvgIpc) is 3.64. The second-order valence-corrected chi connectivity index (χ2v) is 16.5. The Morgan fingerprint density at radius 3 is 2.14 bits per heavy atom. The predicted octanol–water partition coefficient (Wildman–Crippen LogP) is 3.51. The minimum atomic E-state index is -3.21. The van der Waals surface area contributed by atoms with Crippen LogP contribution in [-0.4, -0.2) is 96.7 Å². The van der Waals surface area contributed by atoms with Crippen LogP contribution in [0, 0.1) is 0 Å². The molecule has 0 amide bonds. The first kappa shape index (κ1) is 38.7. The van der Waals surface area contributed by atoms with Gasteiger partial charge in [0.25, 0.3) is 0 Å². The fourth-order valence-electron chi connectivity index (χ4n) is 5.76. The lowest BCUT2D eigenvalue weighted by molar-refractivity contribution is 0.282. The number of nitrogens with one attached hydrogen (secondary N) is 4. The molecule has 0 saturated carbocycles. The topological polar surface area (TPSA) is 185 Å². The third-order valence-electron chi connectivity index (χ3n) is 8.39. The predicted molar refractivity (Wildman–Crippen MR) is 201 cm³/mol. The van der Waals surface area contributed by atoms with Crippen LogP contribution in [0.5, 0.6) is 5.88 Å². The molecule has 14 nitrogen and oxygen atoms in total. The Labute approximate surface area is 308 Å². The summed E-state index contributed by atoms with van der Waals surface area (Å²) in [6.07, 6.45) is 2.68. The lowest BCUT2D eigenvalue weighted by Gasteiger charge is -2.15. The molecule has 2 aliphatic heterocycles. The van der Waals surface area contributed by atoms with Gasteiger partial charge >= 0.3 is 0 Å². The van der Waals surface area contributed by atoms with Crippen molar-refractivity contribution in [1.82, 2.24) is 30.0 Å². The highest BCUT2D eigenvalue weighted by atomic mass is 35.5. The summed E-state index contributed by atoms with van der Waals surface area (Å²) in [5, 5.41) is 7.24. The minimum Gasteiger partial charge on any atom is -0.480 e. The Kier molecular flexibility index (Phi) is 12.8. The molecule has 2 saturated heterocycles. The van der Waals surface area contributed by atoms with Crippen molar-refractivity contribution >= 4 is 55.7 Å². The summed E-state index contributed by atoms with van der Waals surface area (Å²) in [5.74, 6) is 0.777. The van der Waals surface area contributed by atoms with Crippen molar-refractivity contribution in [3.05, 3.63) is 75.5 Å². The lowest BCUT2D eigenvalue weighted by atomic mass is 9.98. The highest BCUT2D eigenvalue weighted by Crippen LogP contribution is 2.40. The van der Waals surface area contributed by atoms with Crippen molar-refractivity contribution < 1.29 is 26.3 Å². The van der Waals surface area contributed by atoms with E-state index in [0.29, 0.717) is 93.5 Å². The molecule has 0 aliphatic carbocycles. The van der Waals surface area contributed by atoms with Crippen LogP contribution in [0.4, 0.5) is 0 Å². The van der Waals surface area contributed by atoms with Crippen molar-refractivity contribution in [2.24, 2.45) is 9.98 Å². The third-order valence-corrected chi connectivity index (χ3v) is 12.1. The van der Waals surface area contributed by atoms with Gasteiger partial charge in [-0.25, -0.2) is 36.3 Å². The van der Waals surface area contributed by atoms with E-state index in [1.165, 1.54) is 14.2 Å². The second kappa shape index (κ2) is 16.9. The summed E-state index contributed by atoms with van der Waals surface area (Å²) < 4.78 is 63.1. The van der Waals surface area contributed by atoms with Gasteiger partial charge in [0.1, 0.15) is 11.4 Å². The first-order chi connectivity index (χ1) is 24.3. The minimum absolute atomic E-state index is 0.107. The Bertz CT molecular complexity index is 2060. The molecule has 0 bridgehead atoms. The number of aliphatic imine (C=N–C) groups is 2. The van der Waals surface area contributed by atoms with Crippen molar-refractivity contribution in [3.8, 4) is 28.3 Å². The molecular weight excluding hydrogens is 739 g/mol. The quantitative estimate of drug-likeness (QED) is 0.132. The standard InChI is InChI=1S/C33H40Cl2N8O6S2/c1-20(40-32(48-3)28(36-2)17-37-15-21-11-13-50(44,45)42-21)23-7-5-8-24(30(23)34)25-9-6-10-26(31(25)35)27-19-39-29(33(41-27)49-4)18-38-16-22-12-14-51(46,47)43-22/h5-10,19,21-22,37-38,42-43H,2,11-18H2,1,3-4H3/b32-28+,40-20+/t21-,22-/m1/s1. The van der Waals surface area contributed by atoms with E-state index < -0.39 is 20.0 Å². The molecule has 3 aromatic rings. The molecule has 18 heteroatoms. The maximum absolute atomic E-state index is 11.7. The number of hydrogen-bond acceptors (Lipinski definition) is 12. The van der Waals surface area contributed by atoms with Crippen LogP contribution < -0.4 is 24.8 Å². The molecule has 3 heterocycles. The molecule has 274 valence electrons. The maximum Gasteiger partial charge on any atom is 0.237 e. The number of hydrogen-bond donors (Lipinski definition) is 4. The highest BCUT2D eigenvalue weighted by molar-refractivity contribution is 7.90. The Morgan fingerprint density at radius 1 is 0.941 bits per heavy atom. The molecule has 0 unspecified atom stereocenters. The molecule has 2 fully saturated rings. The first-order valence-corrected chi connectivity index (χ1v) is 20.1. The van der Waals surface area contributed by atoms with Gasteiger partial charge in [0.2, 0.25) is 31.8 Å². The fourth-order valence-corrected chi connectivity index (χ4v) is 9.30. The van der Waals surface area contributed by atoms with Crippen LogP contribution >= 0.6 is 23.2 Å². The summed E-state index contributed by atoms with van der Waals surface area (Å²) in [4.78, 5) is 18.0. The van der Waals surface area contributed by atoms with E-state index in [1.807, 2.05) is 36.4 Å². The van der Waals surface area contributed by atoms with Crippen molar-refractivity contribution in [2.75, 3.05) is 45.4 Å². The van der Waals surface area contributed by atoms with Crippen molar-refractivity contribution in [2.45, 2.75) is 38.4 Å². The van der Waals surface area contributed by atoms with E-state index in [1.54, 1.807) is 13.1 Å². The van der Waals surface area contributed by atoms with Crippen LogP contribution in [0.3, 0.4) is 0 Å². The van der Waals surface area contributed by atoms with Gasteiger partial charge < -0.3 is 20.1 Å². The molecule has 1 aromatic heterocycles. The lowest BCUT2D eigenvalue weighted by Crippen LogP contribution is -2.36. The van der Waals surface area contributed by atoms with Crippen molar-refractivity contribution in [1.29, 1.82) is 0 Å². The van der Waals surface area contributed by atoms with E-state index in [2.05, 4.69) is 46.7 Å². The van der Waals surface area contributed by atoms with Crippen LogP contribution in [-0.2, 0) is 31.3 Å². The summed E-state index contributed by atoms with van der Waals surface area (Å²) in [6.45, 7) is 6.91. The summed E-state index contributed by atoms with van der Waals surface area (Å²) in [7, 11) is -3.42. The van der Waals surface area contributed by atoms with Gasteiger partial charge in [0.15, 0.2) is 0 Å². The van der Waals surface area contributed by atoms with E-state index in [-0.39, 0.29) is 36.0 Å². The van der Waals surface area contributed by atoms with Crippen LogP contribution in [0.1, 0.15) is 31.0 Å². The van der Waals surface area contributed by atoms with Gasteiger partial charge in [-0.2, -0.15) is 0 Å². The molecule has 0 radical (unpaired) electrons. The molecular formula is C33H40Cl2N8O6S2. The molecule has 51 heavy (non-hydrogen) atoms. The van der Waals surface area contributed by atoms with Crippen LogP contribution in [0.15, 0.2) is 64.2 Å². The number of rotatable bonds is 15. The summed E-state index contributed by atoms with van der Waals surface area (Å²) in [6, 6.07) is 10.7. The number of ether oxygens (including phenoxy) is 2. The van der Waals surface area contributed by atoms with Gasteiger partial charge in [-0.15, -0.1) is 0 Å². The molecule has 4 N–H and O–H groups in total. The molecule has 5 rings (SSSR count). The number of methoxy groups -OCH3 is 2. The van der Waals surface area contributed by atoms with Gasteiger partial charge in [-0.3, -0.25) is 9.98 Å². The second-order valence-electron chi connectivity index (χ2n) is 12.0. The van der Waals surface area contributed by atoms with Crippen LogP contribution in [0.25, 0.3) is 22.4 Å². The van der Waals surface area contributed by atoms with Crippen LogP contribution in [0.2, 0.25) is 10.0 Å². The zero-order valence-corrected chi connectivity index (χ0v) is 31.5. The van der Waals surface area contributed by atoms with E-state index in [4.69, 9.17) is 32.7 Å². The zero-order chi connectivity index (χ0) is 36.8. The van der Waals surface area contributed by atoms with E-state index in [0.717, 1.165) is 0 Å². The van der Waals surface area contributed by atoms with Gasteiger partial charge in [0, 0.05) is 60.5 Å². The van der Waals surface area contributed by atoms with Crippen molar-refractivity contribution in [3.63, 3.8) is 0 Å². The van der Waals surface area contributed by atoms with E-state index in [9.17, 15) is 16.8 Å². The molecule has 2 aromatic carbocycles. The Balaban J connectivity index is 1.34. The van der Waals surface area contributed by atoms with Gasteiger partial charge in [-0.05, 0) is 26.5 Å². The number of aromatic nitrogens is 2. The maximum atomic E-state index is 11.7. The number of sulfonamides is 2. The normalized spacial score (nSPS) is 20.2. The smallest absolute Gasteiger partial charge is 0.237 e. The molecule has 2 aliphatic rings. The van der Waals surface area contributed by atoms with Gasteiger partial charge in [0.05, 0.1) is 53.4 Å². The first-order valence-electron chi connectivity index (χ1n) is 16.0.